The van der Waals surface area contributed by atoms with Gasteiger partial charge in [0.2, 0.25) is 0 Å². The van der Waals surface area contributed by atoms with Crippen molar-refractivity contribution in [2.45, 2.75) is 13.3 Å². The van der Waals surface area contributed by atoms with Gasteiger partial charge >= 0.3 is 0 Å². The van der Waals surface area contributed by atoms with Crippen LogP contribution in [0.2, 0.25) is 0 Å². The highest BCUT2D eigenvalue weighted by Crippen LogP contribution is 2.22. The van der Waals surface area contributed by atoms with E-state index in [0.717, 1.165) is 18.5 Å². The van der Waals surface area contributed by atoms with Crippen molar-refractivity contribution in [2.24, 2.45) is 0 Å². The molecule has 5 nitrogen and oxygen atoms in total. The lowest BCUT2D eigenvalue weighted by Gasteiger charge is -2.05. The van der Waals surface area contributed by atoms with Crippen molar-refractivity contribution >= 4 is 5.91 Å². The summed E-state index contributed by atoms with van der Waals surface area (Å²) in [6.45, 7) is 4.79. The molecule has 1 amide bonds. The molecule has 0 spiro atoms. The van der Waals surface area contributed by atoms with Gasteiger partial charge in [-0.15, -0.1) is 0 Å². The predicted molar refractivity (Wildman–Crippen MR) is 90.6 cm³/mol. The minimum Gasteiger partial charge on any atom is -0.451 e. The van der Waals surface area contributed by atoms with Crippen LogP contribution in [0.25, 0.3) is 11.3 Å². The molecular formula is C18H24N2O3. The molecular weight excluding hydrogens is 292 g/mol. The Bertz CT molecular complexity index is 605. The zero-order valence-corrected chi connectivity index (χ0v) is 13.7. The van der Waals surface area contributed by atoms with Crippen LogP contribution in [-0.2, 0) is 11.2 Å². The molecule has 5 heteroatoms. The first-order chi connectivity index (χ1) is 11.2. The van der Waals surface area contributed by atoms with Gasteiger partial charge in [0.1, 0.15) is 5.76 Å². The van der Waals surface area contributed by atoms with Crippen molar-refractivity contribution in [3.63, 3.8) is 0 Å². The number of benzene rings is 1. The fourth-order valence-electron chi connectivity index (χ4n) is 2.17. The Balaban J connectivity index is 1.84. The Morgan fingerprint density at radius 1 is 1.09 bits per heavy atom. The molecule has 0 saturated heterocycles. The molecule has 0 saturated carbocycles. The molecule has 1 aromatic carbocycles. The largest absolute Gasteiger partial charge is 0.451 e. The lowest BCUT2D eigenvalue weighted by molar-refractivity contribution is 0.0927. The van der Waals surface area contributed by atoms with Crippen molar-refractivity contribution in [2.75, 3.05) is 33.4 Å². The minimum absolute atomic E-state index is 0.199. The van der Waals surface area contributed by atoms with Gasteiger partial charge in [0.05, 0.1) is 6.61 Å². The Hall–Kier alpha value is -2.11. The maximum atomic E-state index is 12.0. The molecule has 2 aromatic rings. The smallest absolute Gasteiger partial charge is 0.287 e. The summed E-state index contributed by atoms with van der Waals surface area (Å²) in [6.07, 6.45) is 1.00. The number of methoxy groups -OCH3 is 1. The van der Waals surface area contributed by atoms with Crippen LogP contribution in [0.4, 0.5) is 0 Å². The quantitative estimate of drug-likeness (QED) is 0.698. The second-order valence-electron chi connectivity index (χ2n) is 5.21. The molecule has 0 radical (unpaired) electrons. The monoisotopic (exact) mass is 316 g/mol. The molecule has 0 bridgehead atoms. The number of hydrogen-bond acceptors (Lipinski definition) is 4. The third-order valence-corrected chi connectivity index (χ3v) is 3.55. The van der Waals surface area contributed by atoms with Crippen molar-refractivity contribution in [1.82, 2.24) is 10.6 Å². The van der Waals surface area contributed by atoms with Gasteiger partial charge in [-0.25, -0.2) is 0 Å². The molecule has 1 heterocycles. The van der Waals surface area contributed by atoms with Crippen LogP contribution in [-0.4, -0.2) is 39.3 Å². The molecule has 0 unspecified atom stereocenters. The van der Waals surface area contributed by atoms with Crippen LogP contribution in [0.5, 0.6) is 0 Å². The molecule has 0 aliphatic heterocycles. The highest BCUT2D eigenvalue weighted by Gasteiger charge is 2.11. The highest BCUT2D eigenvalue weighted by molar-refractivity contribution is 5.92. The van der Waals surface area contributed by atoms with E-state index in [4.69, 9.17) is 9.15 Å². The van der Waals surface area contributed by atoms with E-state index in [2.05, 4.69) is 29.7 Å². The summed E-state index contributed by atoms with van der Waals surface area (Å²) >= 11 is 0. The fourth-order valence-corrected chi connectivity index (χ4v) is 2.17. The normalized spacial score (nSPS) is 10.7. The van der Waals surface area contributed by atoms with Crippen LogP contribution < -0.4 is 10.6 Å². The number of hydrogen-bond donors (Lipinski definition) is 2. The summed E-state index contributed by atoms with van der Waals surface area (Å²) in [4.78, 5) is 12.0. The first kappa shape index (κ1) is 17.2. The van der Waals surface area contributed by atoms with Gasteiger partial charge in [-0.1, -0.05) is 31.2 Å². The molecule has 0 fully saturated rings. The maximum Gasteiger partial charge on any atom is 0.287 e. The average molecular weight is 316 g/mol. The van der Waals surface area contributed by atoms with Gasteiger partial charge in [-0.2, -0.15) is 0 Å². The average Bonchev–Trinajstić information content (AvgIpc) is 3.08. The molecule has 2 N–H and O–H groups in total. The summed E-state index contributed by atoms with van der Waals surface area (Å²) < 4.78 is 10.6. The Kier molecular flexibility index (Phi) is 6.84. The van der Waals surface area contributed by atoms with Crippen LogP contribution in [0.3, 0.4) is 0 Å². The summed E-state index contributed by atoms with van der Waals surface area (Å²) in [5, 5.41) is 5.99. The molecule has 2 rings (SSSR count). The summed E-state index contributed by atoms with van der Waals surface area (Å²) in [6, 6.07) is 11.7. The van der Waals surface area contributed by atoms with E-state index >= 15 is 0 Å². The first-order valence-electron chi connectivity index (χ1n) is 7.91. The Labute approximate surface area is 137 Å². The third-order valence-electron chi connectivity index (χ3n) is 3.55. The van der Waals surface area contributed by atoms with Crippen molar-refractivity contribution in [3.05, 3.63) is 47.7 Å². The summed E-state index contributed by atoms with van der Waals surface area (Å²) in [5.74, 6) is 0.836. The van der Waals surface area contributed by atoms with Gasteiger partial charge in [-0.05, 0) is 24.1 Å². The number of amides is 1. The number of carbonyl (C=O) groups is 1. The number of furan rings is 1. The van der Waals surface area contributed by atoms with Gasteiger partial charge < -0.3 is 19.8 Å². The van der Waals surface area contributed by atoms with Gasteiger partial charge in [0, 0.05) is 32.3 Å². The van der Waals surface area contributed by atoms with Gasteiger partial charge in [0.25, 0.3) is 5.91 Å². The minimum atomic E-state index is -0.199. The number of carbonyl (C=O) groups excluding carboxylic acids is 1. The lowest BCUT2D eigenvalue weighted by Crippen LogP contribution is -2.32. The zero-order chi connectivity index (χ0) is 16.5. The van der Waals surface area contributed by atoms with E-state index in [1.54, 1.807) is 13.2 Å². The van der Waals surface area contributed by atoms with E-state index in [-0.39, 0.29) is 5.91 Å². The lowest BCUT2D eigenvalue weighted by atomic mass is 10.1. The van der Waals surface area contributed by atoms with Gasteiger partial charge in [-0.3, -0.25) is 4.79 Å². The number of ether oxygens (including phenoxy) is 1. The predicted octanol–water partition coefficient (Wildman–Crippen LogP) is 2.47. The van der Waals surface area contributed by atoms with Crippen molar-refractivity contribution in [1.29, 1.82) is 0 Å². The molecule has 23 heavy (non-hydrogen) atoms. The molecule has 1 aromatic heterocycles. The summed E-state index contributed by atoms with van der Waals surface area (Å²) in [7, 11) is 1.66. The molecule has 124 valence electrons. The van der Waals surface area contributed by atoms with E-state index in [1.165, 1.54) is 5.56 Å². The SMILES string of the molecule is CCc1ccc(-c2ccc(C(=O)NCCNCCOC)o2)cc1. The van der Waals surface area contributed by atoms with E-state index in [9.17, 15) is 4.79 Å². The van der Waals surface area contributed by atoms with E-state index < -0.39 is 0 Å². The molecule has 0 aliphatic carbocycles. The number of rotatable bonds is 9. The number of aryl methyl sites for hydroxylation is 1. The molecule has 0 atom stereocenters. The van der Waals surface area contributed by atoms with E-state index in [0.29, 0.717) is 31.2 Å². The topological polar surface area (TPSA) is 63.5 Å². The van der Waals surface area contributed by atoms with Crippen LogP contribution in [0.15, 0.2) is 40.8 Å². The van der Waals surface area contributed by atoms with Crippen molar-refractivity contribution in [3.8, 4) is 11.3 Å². The fraction of sp³-hybridized carbons (Fsp3) is 0.389. The van der Waals surface area contributed by atoms with Crippen LogP contribution in [0.1, 0.15) is 23.0 Å². The summed E-state index contributed by atoms with van der Waals surface area (Å²) in [5.41, 5.74) is 2.25. The third kappa shape index (κ3) is 5.23. The first-order valence-corrected chi connectivity index (χ1v) is 7.91. The Morgan fingerprint density at radius 3 is 2.57 bits per heavy atom. The van der Waals surface area contributed by atoms with Gasteiger partial charge in [0.15, 0.2) is 5.76 Å². The van der Waals surface area contributed by atoms with Crippen LogP contribution >= 0.6 is 0 Å². The Morgan fingerprint density at radius 2 is 1.87 bits per heavy atom. The maximum absolute atomic E-state index is 12.0. The second-order valence-corrected chi connectivity index (χ2v) is 5.21. The standard InChI is InChI=1S/C18H24N2O3/c1-3-14-4-6-15(7-5-14)16-8-9-17(23-16)18(21)20-11-10-19-12-13-22-2/h4-9,19H,3,10-13H2,1-2H3,(H,20,21). The number of nitrogens with one attached hydrogen (secondary N) is 2. The van der Waals surface area contributed by atoms with E-state index in [1.807, 2.05) is 18.2 Å². The highest BCUT2D eigenvalue weighted by atomic mass is 16.5. The van der Waals surface area contributed by atoms with Crippen LogP contribution in [0, 0.1) is 0 Å². The second kappa shape index (κ2) is 9.12. The zero-order valence-electron chi connectivity index (χ0n) is 13.7. The van der Waals surface area contributed by atoms with Crippen molar-refractivity contribution < 1.29 is 13.9 Å². The molecule has 0 aliphatic rings.